The second-order valence-corrected chi connectivity index (χ2v) is 19.9. The highest BCUT2D eigenvalue weighted by Crippen LogP contribution is 2.51. The molecule has 0 fully saturated rings. The molecule has 316 valence electrons. The van der Waals surface area contributed by atoms with E-state index in [1.165, 1.54) is 38.8 Å². The zero-order valence-corrected chi connectivity index (χ0v) is 39.2. The Morgan fingerprint density at radius 1 is 0.530 bits per heavy atom. The van der Waals surface area contributed by atoms with Gasteiger partial charge in [0.15, 0.2) is 11.6 Å². The molecule has 3 heterocycles. The van der Waals surface area contributed by atoms with E-state index >= 15 is 0 Å². The van der Waals surface area contributed by atoms with Crippen molar-refractivity contribution in [3.8, 4) is 73.2 Å². The lowest BCUT2D eigenvalue weighted by atomic mass is 9.82. The number of rotatable bonds is 7. The maximum absolute atomic E-state index is 5.62. The Bertz CT molecular complexity index is 3510. The molecule has 3 aliphatic rings. The molecule has 1 aliphatic heterocycles. The van der Waals surface area contributed by atoms with Crippen LogP contribution in [-0.4, -0.2) is 23.5 Å². The van der Waals surface area contributed by atoms with Crippen molar-refractivity contribution in [2.45, 2.75) is 32.6 Å². The van der Waals surface area contributed by atoms with Crippen molar-refractivity contribution in [2.75, 3.05) is 0 Å². The van der Waals surface area contributed by atoms with Gasteiger partial charge < -0.3 is 0 Å². The van der Waals surface area contributed by atoms with Gasteiger partial charge in [-0.15, -0.1) is 0 Å². The monoisotopic (exact) mass is 960 g/mol. The third-order valence-electron chi connectivity index (χ3n) is 13.5. The number of benzene rings is 7. The summed E-state index contributed by atoms with van der Waals surface area (Å²) in [5, 5.41) is 1.21. The van der Waals surface area contributed by atoms with Gasteiger partial charge in [0.25, 0.3) is 0 Å². The lowest BCUT2D eigenvalue weighted by molar-refractivity contribution is 0.661. The molecule has 7 aromatic carbocycles. The molecular formula is C61H45IN4. The van der Waals surface area contributed by atoms with Crippen LogP contribution in [0.1, 0.15) is 53.8 Å². The van der Waals surface area contributed by atoms with Crippen molar-refractivity contribution < 1.29 is 0 Å². The Hall–Kier alpha value is -7.35. The Morgan fingerprint density at radius 2 is 1.18 bits per heavy atom. The molecular weight excluding hydrogens is 916 g/mol. The zero-order valence-electron chi connectivity index (χ0n) is 37.0. The Kier molecular flexibility index (Phi) is 9.90. The van der Waals surface area contributed by atoms with Crippen molar-refractivity contribution in [3.05, 3.63) is 226 Å². The molecule has 5 heteroatoms. The summed E-state index contributed by atoms with van der Waals surface area (Å²) in [4.78, 5) is 16.8. The van der Waals surface area contributed by atoms with Gasteiger partial charge in [0.2, 0.25) is 5.95 Å². The highest BCUT2D eigenvalue weighted by atomic mass is 127. The molecule has 12 rings (SSSR count). The van der Waals surface area contributed by atoms with Gasteiger partial charge in [0.1, 0.15) is 0 Å². The largest absolute Gasteiger partial charge is 0.277 e. The third kappa shape index (κ3) is 6.88. The Labute approximate surface area is 395 Å². The second-order valence-electron chi connectivity index (χ2n) is 17.8. The van der Waals surface area contributed by atoms with Crippen LogP contribution in [0.5, 0.6) is 0 Å². The summed E-state index contributed by atoms with van der Waals surface area (Å²) < 4.78 is 7.14. The average Bonchev–Trinajstić information content (AvgIpc) is 3.62. The fourth-order valence-electron chi connectivity index (χ4n) is 10.1. The highest BCUT2D eigenvalue weighted by molar-refractivity contribution is 14.2. The fourth-order valence-corrected chi connectivity index (χ4v) is 11.9. The maximum Gasteiger partial charge on any atom is 0.238 e. The molecule has 0 unspecified atom stereocenters. The van der Waals surface area contributed by atoms with Gasteiger partial charge in [0.05, 0.1) is 11.2 Å². The summed E-state index contributed by atoms with van der Waals surface area (Å²) in [6.07, 6.45) is 14.0. The first-order valence-electron chi connectivity index (χ1n) is 22.6. The van der Waals surface area contributed by atoms with E-state index in [0.717, 1.165) is 73.3 Å². The molecule has 66 heavy (non-hydrogen) atoms. The van der Waals surface area contributed by atoms with Crippen molar-refractivity contribution >= 4 is 47.3 Å². The summed E-state index contributed by atoms with van der Waals surface area (Å²) in [7, 11) is 0. The van der Waals surface area contributed by atoms with Crippen LogP contribution in [0.3, 0.4) is 0 Å². The van der Waals surface area contributed by atoms with Gasteiger partial charge in [-0.05, 0) is 142 Å². The van der Waals surface area contributed by atoms with Crippen molar-refractivity contribution in [1.29, 1.82) is 0 Å². The van der Waals surface area contributed by atoms with Crippen LogP contribution in [0.2, 0.25) is 0 Å². The molecule has 0 bridgehead atoms. The standard InChI is InChI=1S/C61H45IN4/c1-39-50(43-25-15-8-16-26-43)34-46(42-19-9-4-5-10-20-42)35-51(39)59-63-58(47-32-44(40-21-11-6-12-22-40)31-45(33-47)41-23-13-7-14-24-41)64-60(65-59)66-56-37-55-52(36-53(56)49-29-30-62-38-57(49)66)48-27-17-18-28-54(48)61(55,2)3/h4-19,21-38H,20H2,1-3H3. The second kappa shape index (κ2) is 16.3. The Balaban J connectivity index is 1.16. The van der Waals surface area contributed by atoms with Crippen LogP contribution in [-0.2, 0) is 5.41 Å². The Morgan fingerprint density at radius 3 is 1.92 bits per heavy atom. The van der Waals surface area contributed by atoms with E-state index in [1.807, 2.05) is 0 Å². The summed E-state index contributed by atoms with van der Waals surface area (Å²) in [5.41, 5.74) is 20.8. The lowest BCUT2D eigenvalue weighted by Crippen LogP contribution is -2.15. The quantitative estimate of drug-likeness (QED) is 0.150. The molecule has 0 atom stereocenters. The van der Waals surface area contributed by atoms with Gasteiger partial charge in [0, 0.05) is 27.5 Å². The fraction of sp³-hybridized carbons (Fsp3) is 0.0820. The van der Waals surface area contributed by atoms with Crippen LogP contribution in [0.25, 0.3) is 95.8 Å². The van der Waals surface area contributed by atoms with E-state index in [0.29, 0.717) is 17.6 Å². The minimum atomic E-state index is -0.320. The zero-order chi connectivity index (χ0) is 44.4. The molecule has 0 N–H and O–H groups in total. The smallest absolute Gasteiger partial charge is 0.238 e. The van der Waals surface area contributed by atoms with Crippen LogP contribution in [0.15, 0.2) is 192 Å². The molecule has 0 amide bonds. The van der Waals surface area contributed by atoms with Gasteiger partial charge in [-0.2, -0.15) is 9.97 Å². The summed E-state index contributed by atoms with van der Waals surface area (Å²) >= 11 is -0.320. The first-order valence-corrected chi connectivity index (χ1v) is 25.1. The van der Waals surface area contributed by atoms with Crippen molar-refractivity contribution in [3.63, 3.8) is 0 Å². The van der Waals surface area contributed by atoms with Gasteiger partial charge in [-0.3, -0.25) is 4.57 Å². The van der Waals surface area contributed by atoms with Gasteiger partial charge in [-0.1, -0.05) is 180 Å². The van der Waals surface area contributed by atoms with E-state index < -0.39 is 0 Å². The van der Waals surface area contributed by atoms with E-state index in [4.69, 9.17) is 15.0 Å². The molecule has 2 aromatic heterocycles. The number of aromatic nitrogens is 4. The summed E-state index contributed by atoms with van der Waals surface area (Å²) in [6, 6.07) is 57.1. The van der Waals surface area contributed by atoms with Crippen molar-refractivity contribution in [2.24, 2.45) is 0 Å². The van der Waals surface area contributed by atoms with E-state index in [2.05, 4.69) is 228 Å². The molecule has 0 spiro atoms. The third-order valence-corrected chi connectivity index (χ3v) is 15.3. The SMILES string of the molecule is Cc1c(-c2ccccc2)cc(C2=CC=CC=CC2)cc1-c1nc(-c2cc(-c3ccccc3)cc(-c3ccccc3)c2)nc(-n2c3c(c4cc5c(cc42)C(C)(C)c2ccccc2-5)C=CI=C3)n1. The predicted molar refractivity (Wildman–Crippen MR) is 285 cm³/mol. The number of hydrogen-bond donors (Lipinski definition) is 0. The number of allylic oxidation sites excluding steroid dienone is 6. The summed E-state index contributed by atoms with van der Waals surface area (Å²) in [5.74, 6) is 1.88. The predicted octanol–water partition coefficient (Wildman–Crippen LogP) is 15.8. The number of halogens is 1. The van der Waals surface area contributed by atoms with E-state index in [1.54, 1.807) is 0 Å². The molecule has 0 saturated carbocycles. The average molecular weight is 961 g/mol. The summed E-state index contributed by atoms with van der Waals surface area (Å²) in [6.45, 7) is 6.92. The molecule has 2 aliphatic carbocycles. The van der Waals surface area contributed by atoms with E-state index in [9.17, 15) is 0 Å². The molecule has 9 aromatic rings. The van der Waals surface area contributed by atoms with Gasteiger partial charge in [-0.25, -0.2) is 4.98 Å². The maximum atomic E-state index is 5.62. The number of fused-ring (bicyclic) bond motifs is 6. The highest BCUT2D eigenvalue weighted by Gasteiger charge is 2.37. The molecule has 0 saturated heterocycles. The normalized spacial score (nSPS) is 14.3. The molecule has 4 nitrogen and oxygen atoms in total. The lowest BCUT2D eigenvalue weighted by Gasteiger charge is -2.21. The van der Waals surface area contributed by atoms with Crippen LogP contribution < -0.4 is 0 Å². The minimum Gasteiger partial charge on any atom is -0.277 e. The van der Waals surface area contributed by atoms with E-state index in [-0.39, 0.29) is 26.1 Å². The molecule has 0 radical (unpaired) electrons. The minimum absolute atomic E-state index is 0.175. The first kappa shape index (κ1) is 40.2. The van der Waals surface area contributed by atoms with Gasteiger partial charge >= 0.3 is 0 Å². The van der Waals surface area contributed by atoms with Crippen LogP contribution in [0, 0.1) is 6.92 Å². The topological polar surface area (TPSA) is 43.6 Å². The number of hydrogen-bond acceptors (Lipinski definition) is 3. The van der Waals surface area contributed by atoms with Crippen LogP contribution in [0.4, 0.5) is 0 Å². The first-order chi connectivity index (χ1) is 32.4. The van der Waals surface area contributed by atoms with Crippen LogP contribution >= 0.6 is 20.7 Å². The number of nitrogens with zero attached hydrogens (tertiary/aromatic N) is 4. The van der Waals surface area contributed by atoms with Crippen molar-refractivity contribution in [1.82, 2.24) is 19.5 Å².